The SMILES string of the molecule is Cc1ccc(P)c(SF)c1. The highest BCUT2D eigenvalue weighted by atomic mass is 32.2. The molecule has 0 saturated heterocycles. The molecule has 0 aliphatic rings. The van der Waals surface area contributed by atoms with Gasteiger partial charge in [0.2, 0.25) is 0 Å². The number of hydrogen-bond acceptors (Lipinski definition) is 1. The zero-order chi connectivity index (χ0) is 7.56. The van der Waals surface area contributed by atoms with E-state index in [1.165, 1.54) is 0 Å². The summed E-state index contributed by atoms with van der Waals surface area (Å²) in [5.74, 6) is 0. The van der Waals surface area contributed by atoms with Gasteiger partial charge < -0.3 is 0 Å². The van der Waals surface area contributed by atoms with E-state index in [1.54, 1.807) is 0 Å². The molecule has 54 valence electrons. The quantitative estimate of drug-likeness (QED) is 0.589. The molecule has 0 heterocycles. The normalized spacial score (nSPS) is 9.90. The van der Waals surface area contributed by atoms with E-state index in [4.69, 9.17) is 0 Å². The van der Waals surface area contributed by atoms with Crippen molar-refractivity contribution >= 4 is 26.7 Å². The van der Waals surface area contributed by atoms with Crippen LogP contribution in [-0.2, 0) is 0 Å². The fourth-order valence-electron chi connectivity index (χ4n) is 0.708. The predicted molar refractivity (Wildman–Crippen MR) is 47.5 cm³/mol. The standard InChI is InChI=1S/C7H8FPS/c1-5-2-3-6(9)7(4-5)10-8/h2-4H,9H2,1H3. The van der Waals surface area contributed by atoms with Gasteiger partial charge in [0.15, 0.2) is 0 Å². The van der Waals surface area contributed by atoms with Crippen molar-refractivity contribution in [1.82, 2.24) is 0 Å². The van der Waals surface area contributed by atoms with Crippen molar-refractivity contribution in [2.45, 2.75) is 11.8 Å². The lowest BCUT2D eigenvalue weighted by Crippen LogP contribution is -1.93. The highest BCUT2D eigenvalue weighted by molar-refractivity contribution is 7.94. The van der Waals surface area contributed by atoms with Gasteiger partial charge in [-0.1, -0.05) is 12.1 Å². The van der Waals surface area contributed by atoms with Gasteiger partial charge in [-0.25, -0.2) is 0 Å². The molecule has 10 heavy (non-hydrogen) atoms. The minimum atomic E-state index is 0.289. The Morgan fingerprint density at radius 3 is 2.70 bits per heavy atom. The summed E-state index contributed by atoms with van der Waals surface area (Å²) in [7, 11) is 2.49. The molecule has 0 fully saturated rings. The molecule has 0 nitrogen and oxygen atoms in total. The molecule has 1 aromatic rings. The summed E-state index contributed by atoms with van der Waals surface area (Å²) in [5.41, 5.74) is 1.09. The van der Waals surface area contributed by atoms with E-state index < -0.39 is 0 Å². The number of aryl methyl sites for hydroxylation is 1. The first-order valence-electron chi connectivity index (χ1n) is 2.89. The number of benzene rings is 1. The van der Waals surface area contributed by atoms with Crippen LogP contribution in [-0.4, -0.2) is 0 Å². The predicted octanol–water partition coefficient (Wildman–Crippen LogP) is 2.47. The molecule has 1 atom stereocenters. The van der Waals surface area contributed by atoms with Crippen LogP contribution in [0.25, 0.3) is 0 Å². The Balaban J connectivity index is 3.09. The van der Waals surface area contributed by atoms with Gasteiger partial charge in [0.05, 0.1) is 12.1 Å². The maximum atomic E-state index is 12.1. The van der Waals surface area contributed by atoms with E-state index in [9.17, 15) is 3.89 Å². The van der Waals surface area contributed by atoms with Gasteiger partial charge in [0, 0.05) is 4.90 Å². The van der Waals surface area contributed by atoms with Crippen molar-refractivity contribution < 1.29 is 3.89 Å². The van der Waals surface area contributed by atoms with Crippen molar-refractivity contribution in [2.75, 3.05) is 0 Å². The van der Waals surface area contributed by atoms with E-state index in [2.05, 4.69) is 9.24 Å². The Morgan fingerprint density at radius 2 is 2.20 bits per heavy atom. The van der Waals surface area contributed by atoms with Gasteiger partial charge in [0.25, 0.3) is 0 Å². The Hall–Kier alpha value is -0.0700. The van der Waals surface area contributed by atoms with Crippen molar-refractivity contribution in [3.8, 4) is 0 Å². The Bertz CT molecular complexity index is 237. The molecule has 3 heteroatoms. The maximum absolute atomic E-state index is 12.1. The monoisotopic (exact) mass is 174 g/mol. The van der Waals surface area contributed by atoms with Gasteiger partial charge >= 0.3 is 0 Å². The van der Waals surface area contributed by atoms with Gasteiger partial charge in [-0.05, 0) is 23.9 Å². The van der Waals surface area contributed by atoms with E-state index >= 15 is 0 Å². The molecule has 1 rings (SSSR count). The zero-order valence-electron chi connectivity index (χ0n) is 5.60. The summed E-state index contributed by atoms with van der Waals surface area (Å²) in [6, 6.07) is 5.68. The molecule has 0 bridgehead atoms. The van der Waals surface area contributed by atoms with Crippen LogP contribution in [0.3, 0.4) is 0 Å². The van der Waals surface area contributed by atoms with E-state index in [1.807, 2.05) is 25.1 Å². The van der Waals surface area contributed by atoms with Crippen molar-refractivity contribution in [2.24, 2.45) is 0 Å². The van der Waals surface area contributed by atoms with Crippen LogP contribution >= 0.6 is 21.4 Å². The van der Waals surface area contributed by atoms with Crippen LogP contribution in [0, 0.1) is 6.92 Å². The molecule has 0 N–H and O–H groups in total. The molecule has 0 spiro atoms. The smallest absolute Gasteiger partial charge is 0.0818 e. The summed E-state index contributed by atoms with van der Waals surface area (Å²) >= 11 is 0.289. The summed E-state index contributed by atoms with van der Waals surface area (Å²) in [6.07, 6.45) is 0. The summed E-state index contributed by atoms with van der Waals surface area (Å²) in [4.78, 5) is 0.685. The van der Waals surface area contributed by atoms with Crippen LogP contribution in [0.15, 0.2) is 23.1 Å². The first-order chi connectivity index (χ1) is 4.74. The molecule has 0 aliphatic carbocycles. The highest BCUT2D eigenvalue weighted by Gasteiger charge is 1.97. The average Bonchev–Trinajstić information content (AvgIpc) is 1.94. The van der Waals surface area contributed by atoms with Crippen molar-refractivity contribution in [3.05, 3.63) is 23.8 Å². The lowest BCUT2D eigenvalue weighted by atomic mass is 10.2. The second kappa shape index (κ2) is 3.36. The fraction of sp³-hybridized carbons (Fsp3) is 0.143. The van der Waals surface area contributed by atoms with Crippen LogP contribution in [0.5, 0.6) is 0 Å². The van der Waals surface area contributed by atoms with E-state index in [-0.39, 0.29) is 12.1 Å². The third-order valence-electron chi connectivity index (χ3n) is 1.25. The van der Waals surface area contributed by atoms with Gasteiger partial charge in [-0.15, -0.1) is 9.24 Å². The average molecular weight is 174 g/mol. The van der Waals surface area contributed by atoms with Crippen LogP contribution < -0.4 is 5.30 Å². The molecule has 0 saturated carbocycles. The molecule has 0 aromatic heterocycles. The molecular weight excluding hydrogens is 166 g/mol. The molecular formula is C7H8FPS. The minimum Gasteiger partial charge on any atom is -0.160 e. The Kier molecular flexibility index (Phi) is 2.70. The second-order valence-electron chi connectivity index (χ2n) is 2.12. The second-order valence-corrected chi connectivity index (χ2v) is 3.33. The molecule has 0 aliphatic heterocycles. The van der Waals surface area contributed by atoms with Crippen LogP contribution in [0.2, 0.25) is 0 Å². The molecule has 0 radical (unpaired) electrons. The highest BCUT2D eigenvalue weighted by Crippen LogP contribution is 2.19. The Morgan fingerprint density at radius 1 is 1.50 bits per heavy atom. The topological polar surface area (TPSA) is 0 Å². The van der Waals surface area contributed by atoms with Gasteiger partial charge in [0.1, 0.15) is 0 Å². The fourth-order valence-corrected chi connectivity index (χ4v) is 1.41. The Labute approximate surface area is 66.7 Å². The lowest BCUT2D eigenvalue weighted by Gasteiger charge is -1.98. The molecule has 1 aromatic carbocycles. The van der Waals surface area contributed by atoms with Crippen molar-refractivity contribution in [3.63, 3.8) is 0 Å². The number of rotatable bonds is 1. The maximum Gasteiger partial charge on any atom is 0.0818 e. The third-order valence-corrected chi connectivity index (χ3v) is 2.48. The first kappa shape index (κ1) is 8.03. The minimum absolute atomic E-state index is 0.289. The van der Waals surface area contributed by atoms with Crippen LogP contribution in [0.1, 0.15) is 5.56 Å². The van der Waals surface area contributed by atoms with Crippen LogP contribution in [0.4, 0.5) is 3.89 Å². The van der Waals surface area contributed by atoms with Gasteiger partial charge in [-0.2, -0.15) is 3.89 Å². The number of hydrogen-bond donors (Lipinski definition) is 0. The summed E-state index contributed by atoms with van der Waals surface area (Å²) in [5, 5.41) is 0.915. The molecule has 0 amide bonds. The van der Waals surface area contributed by atoms with Gasteiger partial charge in [-0.3, -0.25) is 0 Å². The van der Waals surface area contributed by atoms with Crippen molar-refractivity contribution in [1.29, 1.82) is 0 Å². The first-order valence-corrected chi connectivity index (χ1v) is 4.18. The summed E-state index contributed by atoms with van der Waals surface area (Å²) in [6.45, 7) is 1.95. The zero-order valence-corrected chi connectivity index (χ0v) is 7.57. The largest absolute Gasteiger partial charge is 0.160 e. The number of halogens is 1. The lowest BCUT2D eigenvalue weighted by molar-refractivity contribution is 0.935. The van der Waals surface area contributed by atoms with E-state index in [0.29, 0.717) is 4.90 Å². The summed E-state index contributed by atoms with van der Waals surface area (Å²) < 4.78 is 12.1. The third kappa shape index (κ3) is 1.71. The molecule has 1 unspecified atom stereocenters. The van der Waals surface area contributed by atoms with E-state index in [0.717, 1.165) is 10.9 Å².